The van der Waals surface area contributed by atoms with Crippen LogP contribution in [0.5, 0.6) is 0 Å². The molecule has 4 nitrogen and oxygen atoms in total. The van der Waals surface area contributed by atoms with Crippen molar-refractivity contribution in [1.29, 1.82) is 0 Å². The van der Waals surface area contributed by atoms with Crippen LogP contribution in [0, 0.1) is 22.1 Å². The standard InChI is InChI=1S/C11H13ClF2O2.C11H16F2O2/c1-2-16-9(15)10(7-8-12)3-5-11(13,14)6-4-10;1-3-10(9(14)15-4-2)5-7-11(12,13)8-6-10/h2-6H2,1H3;3H,1,4-8H2,2H3. The van der Waals surface area contributed by atoms with Crippen molar-refractivity contribution in [2.24, 2.45) is 10.8 Å². The van der Waals surface area contributed by atoms with E-state index in [0.717, 1.165) is 0 Å². The lowest BCUT2D eigenvalue weighted by molar-refractivity contribution is -0.159. The van der Waals surface area contributed by atoms with Gasteiger partial charge in [0.2, 0.25) is 11.8 Å². The molecular weight excluding hydrogens is 440 g/mol. The molecule has 0 saturated heterocycles. The summed E-state index contributed by atoms with van der Waals surface area (Å²) in [4.78, 5) is 23.3. The molecule has 0 radical (unpaired) electrons. The van der Waals surface area contributed by atoms with Gasteiger partial charge in [0.15, 0.2) is 0 Å². The first-order chi connectivity index (χ1) is 14.4. The van der Waals surface area contributed by atoms with Gasteiger partial charge in [-0.05, 0) is 51.1 Å². The predicted octanol–water partition coefficient (Wildman–Crippen LogP) is 5.88. The lowest BCUT2D eigenvalue weighted by Crippen LogP contribution is -2.39. The molecule has 0 N–H and O–H groups in total. The Morgan fingerprint density at radius 3 is 1.68 bits per heavy atom. The van der Waals surface area contributed by atoms with Crippen LogP contribution in [-0.2, 0) is 19.1 Å². The molecule has 176 valence electrons. The summed E-state index contributed by atoms with van der Waals surface area (Å²) in [5.41, 5.74) is -2.03. The highest BCUT2D eigenvalue weighted by atomic mass is 35.5. The average molecular weight is 469 g/mol. The summed E-state index contributed by atoms with van der Waals surface area (Å²) in [6.07, 6.45) is 0.479. The third-order valence-corrected chi connectivity index (χ3v) is 5.83. The van der Waals surface area contributed by atoms with Crippen molar-refractivity contribution < 1.29 is 36.6 Å². The summed E-state index contributed by atoms with van der Waals surface area (Å²) in [5.74, 6) is -3.78. The van der Waals surface area contributed by atoms with Crippen LogP contribution in [0.3, 0.4) is 0 Å². The summed E-state index contributed by atoms with van der Waals surface area (Å²) >= 11 is 5.28. The summed E-state index contributed by atoms with van der Waals surface area (Å²) in [5, 5.41) is 2.12. The second-order valence-electron chi connectivity index (χ2n) is 7.81. The molecule has 2 saturated carbocycles. The molecule has 0 aromatic rings. The number of carbonyl (C=O) groups is 2. The smallest absolute Gasteiger partial charge is 0.324 e. The molecule has 0 amide bonds. The van der Waals surface area contributed by atoms with Crippen LogP contribution < -0.4 is 0 Å². The first-order valence-corrected chi connectivity index (χ1v) is 10.7. The van der Waals surface area contributed by atoms with Crippen LogP contribution in [0.4, 0.5) is 17.6 Å². The highest BCUT2D eigenvalue weighted by molar-refractivity contribution is 6.30. The first-order valence-electron chi connectivity index (χ1n) is 10.3. The summed E-state index contributed by atoms with van der Waals surface area (Å²) in [7, 11) is 0. The Balaban J connectivity index is 0.000000311. The maximum absolute atomic E-state index is 13.0. The van der Waals surface area contributed by atoms with Crippen LogP contribution >= 0.6 is 11.6 Å². The lowest BCUT2D eigenvalue weighted by Gasteiger charge is -2.35. The van der Waals surface area contributed by atoms with Gasteiger partial charge in [-0.15, -0.1) is 6.58 Å². The normalized spacial score (nSPS) is 22.4. The van der Waals surface area contributed by atoms with E-state index in [1.54, 1.807) is 13.8 Å². The Morgan fingerprint density at radius 2 is 1.29 bits per heavy atom. The molecule has 2 rings (SSSR count). The maximum atomic E-state index is 13.0. The summed E-state index contributed by atoms with van der Waals surface area (Å²) in [6.45, 7) is 7.40. The Kier molecular flexibility index (Phi) is 9.87. The molecule has 0 unspecified atom stereocenters. The van der Waals surface area contributed by atoms with E-state index >= 15 is 0 Å². The Bertz CT molecular complexity index is 692. The van der Waals surface area contributed by atoms with E-state index in [9.17, 15) is 27.2 Å². The van der Waals surface area contributed by atoms with Gasteiger partial charge >= 0.3 is 11.9 Å². The minimum absolute atomic E-state index is 0.00144. The van der Waals surface area contributed by atoms with Crippen molar-refractivity contribution in [3.63, 3.8) is 0 Å². The van der Waals surface area contributed by atoms with E-state index in [0.29, 0.717) is 0 Å². The van der Waals surface area contributed by atoms with Gasteiger partial charge in [-0.1, -0.05) is 12.0 Å². The molecule has 0 bridgehead atoms. The van der Waals surface area contributed by atoms with Gasteiger partial charge in [0.05, 0.1) is 18.6 Å². The van der Waals surface area contributed by atoms with Crippen LogP contribution in [0.1, 0.15) is 65.2 Å². The molecule has 0 spiro atoms. The van der Waals surface area contributed by atoms with Crippen molar-refractivity contribution in [2.45, 2.75) is 77.1 Å². The number of alkyl halides is 4. The molecule has 0 atom stereocenters. The van der Waals surface area contributed by atoms with Crippen molar-refractivity contribution in [3.8, 4) is 11.3 Å². The number of rotatable bonds is 5. The molecule has 2 aliphatic carbocycles. The van der Waals surface area contributed by atoms with Crippen molar-refractivity contribution in [3.05, 3.63) is 12.7 Å². The van der Waals surface area contributed by atoms with E-state index in [4.69, 9.17) is 21.1 Å². The summed E-state index contributed by atoms with van der Waals surface area (Å²) < 4.78 is 61.7. The van der Waals surface area contributed by atoms with Gasteiger partial charge in [0.25, 0.3) is 0 Å². The fraction of sp³-hybridized carbons (Fsp3) is 0.727. The maximum Gasteiger partial charge on any atom is 0.324 e. The molecule has 0 aromatic carbocycles. The van der Waals surface area contributed by atoms with Crippen molar-refractivity contribution in [1.82, 2.24) is 0 Å². The Morgan fingerprint density at radius 1 is 0.871 bits per heavy atom. The number of hydrogen-bond acceptors (Lipinski definition) is 4. The van der Waals surface area contributed by atoms with E-state index in [1.165, 1.54) is 6.08 Å². The number of ether oxygens (including phenoxy) is 2. The van der Waals surface area contributed by atoms with Gasteiger partial charge in [0.1, 0.15) is 5.41 Å². The highest BCUT2D eigenvalue weighted by Crippen LogP contribution is 2.45. The molecule has 0 heterocycles. The van der Waals surface area contributed by atoms with Gasteiger partial charge in [-0.2, -0.15) is 0 Å². The fourth-order valence-electron chi connectivity index (χ4n) is 3.61. The zero-order valence-corrected chi connectivity index (χ0v) is 18.6. The van der Waals surface area contributed by atoms with E-state index in [-0.39, 0.29) is 64.6 Å². The zero-order valence-electron chi connectivity index (χ0n) is 17.9. The fourth-order valence-corrected chi connectivity index (χ4v) is 3.79. The molecule has 31 heavy (non-hydrogen) atoms. The molecule has 0 aliphatic heterocycles. The molecule has 0 aromatic heterocycles. The van der Waals surface area contributed by atoms with Crippen LogP contribution in [0.15, 0.2) is 12.7 Å². The van der Waals surface area contributed by atoms with Crippen LogP contribution in [0.2, 0.25) is 0 Å². The predicted molar refractivity (Wildman–Crippen MR) is 109 cm³/mol. The second kappa shape index (κ2) is 11.2. The SMILES string of the molecule is C=CC1(C(=O)OCC)CCC(F)(F)CC1.CCOC(=O)C1(C#CCl)CCC(F)(F)CC1. The summed E-state index contributed by atoms with van der Waals surface area (Å²) in [6, 6.07) is 0. The highest BCUT2D eigenvalue weighted by Gasteiger charge is 2.48. The topological polar surface area (TPSA) is 52.6 Å². The molecule has 9 heteroatoms. The van der Waals surface area contributed by atoms with Crippen LogP contribution in [-0.4, -0.2) is 37.0 Å². The molecule has 2 fully saturated rings. The minimum atomic E-state index is -2.70. The number of esters is 2. The average Bonchev–Trinajstić information content (AvgIpc) is 2.71. The van der Waals surface area contributed by atoms with Gasteiger partial charge in [0, 0.05) is 31.1 Å². The van der Waals surface area contributed by atoms with Gasteiger partial charge < -0.3 is 9.47 Å². The number of carbonyl (C=O) groups excluding carboxylic acids is 2. The third-order valence-electron chi connectivity index (χ3n) is 5.73. The van der Waals surface area contributed by atoms with Crippen molar-refractivity contribution in [2.75, 3.05) is 13.2 Å². The zero-order chi connectivity index (χ0) is 23.8. The minimum Gasteiger partial charge on any atom is -0.465 e. The lowest BCUT2D eigenvalue weighted by atomic mass is 9.73. The monoisotopic (exact) mass is 468 g/mol. The first kappa shape index (κ1) is 27.3. The van der Waals surface area contributed by atoms with Gasteiger partial charge in [-0.3, -0.25) is 9.59 Å². The third kappa shape index (κ3) is 7.41. The van der Waals surface area contributed by atoms with Crippen LogP contribution in [0.25, 0.3) is 0 Å². The molecule has 2 aliphatic rings. The largest absolute Gasteiger partial charge is 0.465 e. The van der Waals surface area contributed by atoms with E-state index < -0.39 is 34.6 Å². The quantitative estimate of drug-likeness (QED) is 0.219. The number of halogens is 5. The Labute approximate surface area is 185 Å². The van der Waals surface area contributed by atoms with E-state index in [1.807, 2.05) is 0 Å². The Hall–Kier alpha value is -1.75. The van der Waals surface area contributed by atoms with Crippen molar-refractivity contribution >= 4 is 23.5 Å². The number of hydrogen-bond donors (Lipinski definition) is 0. The molecular formula is C22H29ClF4O4. The second-order valence-corrected chi connectivity index (χ2v) is 8.00. The van der Waals surface area contributed by atoms with E-state index in [2.05, 4.69) is 17.9 Å². The van der Waals surface area contributed by atoms with Gasteiger partial charge in [-0.25, -0.2) is 17.6 Å².